The van der Waals surface area contributed by atoms with Gasteiger partial charge in [0.15, 0.2) is 0 Å². The van der Waals surface area contributed by atoms with Crippen LogP contribution in [0, 0.1) is 0 Å². The Morgan fingerprint density at radius 1 is 1.62 bits per heavy atom. The fourth-order valence-corrected chi connectivity index (χ4v) is 1.74. The number of nitrogens with zero attached hydrogens (tertiary/aromatic N) is 2. The lowest BCUT2D eigenvalue weighted by Gasteiger charge is -2.22. The summed E-state index contributed by atoms with van der Waals surface area (Å²) in [6.45, 7) is 3.09. The molecule has 0 bridgehead atoms. The van der Waals surface area contributed by atoms with Crippen molar-refractivity contribution in [2.24, 2.45) is 7.05 Å². The Morgan fingerprint density at radius 2 is 2.56 bits per heavy atom. The van der Waals surface area contributed by atoms with Crippen molar-refractivity contribution in [2.75, 3.05) is 26.5 Å². The van der Waals surface area contributed by atoms with Crippen LogP contribution in [0.4, 0.5) is 0 Å². The summed E-state index contributed by atoms with van der Waals surface area (Å²) >= 11 is 0. The highest BCUT2D eigenvalue weighted by Gasteiger charge is 2.12. The lowest BCUT2D eigenvalue weighted by atomic mass is 10.2. The molecule has 0 radical (unpaired) electrons. The minimum absolute atomic E-state index is 0.303. The number of ether oxygens (including phenoxy) is 2. The molecule has 0 aliphatic carbocycles. The van der Waals surface area contributed by atoms with Gasteiger partial charge in [-0.1, -0.05) is 0 Å². The molecular weight excluding hydrogens is 206 g/mol. The number of aromatic nitrogens is 2. The fraction of sp³-hybridized carbons (Fsp3) is 0.727. The topological polar surface area (TPSA) is 48.3 Å². The zero-order chi connectivity index (χ0) is 11.2. The van der Waals surface area contributed by atoms with Crippen molar-refractivity contribution in [3.8, 4) is 0 Å². The molecule has 0 spiro atoms. The van der Waals surface area contributed by atoms with E-state index in [-0.39, 0.29) is 0 Å². The van der Waals surface area contributed by atoms with Gasteiger partial charge in [-0.2, -0.15) is 5.10 Å². The number of aryl methyl sites for hydroxylation is 1. The molecule has 1 saturated heterocycles. The van der Waals surface area contributed by atoms with Crippen molar-refractivity contribution in [2.45, 2.75) is 18.9 Å². The normalized spacial score (nSPS) is 21.2. The van der Waals surface area contributed by atoms with Gasteiger partial charge < -0.3 is 14.8 Å². The molecule has 90 valence electrons. The maximum atomic E-state index is 5.43. The first-order chi connectivity index (χ1) is 7.84. The van der Waals surface area contributed by atoms with E-state index >= 15 is 0 Å². The lowest BCUT2D eigenvalue weighted by molar-refractivity contribution is -0.137. The Hall–Kier alpha value is -0.910. The molecule has 1 N–H and O–H groups in total. The molecule has 0 saturated carbocycles. The van der Waals surface area contributed by atoms with Crippen LogP contribution in [0.25, 0.3) is 0 Å². The van der Waals surface area contributed by atoms with Crippen LogP contribution in [0.15, 0.2) is 12.3 Å². The Labute approximate surface area is 95.7 Å². The van der Waals surface area contributed by atoms with Crippen LogP contribution in [0.1, 0.15) is 12.1 Å². The first kappa shape index (κ1) is 11.6. The van der Waals surface area contributed by atoms with Crippen molar-refractivity contribution in [1.82, 2.24) is 15.1 Å². The quantitative estimate of drug-likeness (QED) is 0.733. The lowest BCUT2D eigenvalue weighted by Crippen LogP contribution is -2.34. The van der Waals surface area contributed by atoms with E-state index in [1.165, 1.54) is 0 Å². The molecule has 2 heterocycles. The maximum absolute atomic E-state index is 5.43. The summed E-state index contributed by atoms with van der Waals surface area (Å²) in [6, 6.07) is 2.05. The van der Waals surface area contributed by atoms with E-state index in [2.05, 4.69) is 10.4 Å². The minimum Gasteiger partial charge on any atom is -0.355 e. The van der Waals surface area contributed by atoms with Crippen molar-refractivity contribution < 1.29 is 9.47 Å². The fourth-order valence-electron chi connectivity index (χ4n) is 1.74. The molecule has 5 nitrogen and oxygen atoms in total. The largest absolute Gasteiger partial charge is 0.355 e. The Kier molecular flexibility index (Phi) is 4.33. The first-order valence-electron chi connectivity index (χ1n) is 5.73. The first-order valence-corrected chi connectivity index (χ1v) is 5.73. The maximum Gasteiger partial charge on any atom is 0.147 e. The molecule has 2 rings (SSSR count). The summed E-state index contributed by atoms with van der Waals surface area (Å²) in [5, 5.41) is 7.70. The van der Waals surface area contributed by atoms with Gasteiger partial charge in [-0.25, -0.2) is 0 Å². The highest BCUT2D eigenvalue weighted by Crippen LogP contribution is 2.04. The monoisotopic (exact) mass is 225 g/mol. The summed E-state index contributed by atoms with van der Waals surface area (Å²) in [4.78, 5) is 0. The zero-order valence-corrected chi connectivity index (χ0v) is 9.69. The third kappa shape index (κ3) is 3.59. The number of rotatable bonds is 5. The summed E-state index contributed by atoms with van der Waals surface area (Å²) in [5.74, 6) is 0. The molecule has 1 aliphatic heterocycles. The van der Waals surface area contributed by atoms with E-state index in [0.717, 1.165) is 38.2 Å². The van der Waals surface area contributed by atoms with Crippen LogP contribution in [0.3, 0.4) is 0 Å². The van der Waals surface area contributed by atoms with Crippen LogP contribution in [0.2, 0.25) is 0 Å². The van der Waals surface area contributed by atoms with Gasteiger partial charge in [0.1, 0.15) is 6.79 Å². The third-order valence-electron chi connectivity index (χ3n) is 2.67. The smallest absolute Gasteiger partial charge is 0.147 e. The molecule has 1 aromatic rings. The molecule has 1 unspecified atom stereocenters. The van der Waals surface area contributed by atoms with Gasteiger partial charge in [0.25, 0.3) is 0 Å². The summed E-state index contributed by atoms with van der Waals surface area (Å²) in [6.07, 6.45) is 4.22. The molecule has 0 amide bonds. The van der Waals surface area contributed by atoms with E-state index in [1.54, 1.807) is 0 Å². The Balaban J connectivity index is 1.57. The average Bonchev–Trinajstić information content (AvgIpc) is 2.72. The van der Waals surface area contributed by atoms with Crippen LogP contribution in [-0.4, -0.2) is 42.4 Å². The summed E-state index contributed by atoms with van der Waals surface area (Å²) < 4.78 is 12.4. The predicted octanol–water partition coefficient (Wildman–Crippen LogP) is 0.315. The standard InChI is InChI=1S/C11H19N3O2/c1-14-6-3-10(13-14)2-5-12-8-11-4-7-15-9-16-11/h3,6,11-12H,2,4-5,7-9H2,1H3. The summed E-state index contributed by atoms with van der Waals surface area (Å²) in [5.41, 5.74) is 1.13. The molecule has 0 aromatic carbocycles. The molecule has 1 aromatic heterocycles. The van der Waals surface area contributed by atoms with Gasteiger partial charge in [0.2, 0.25) is 0 Å². The van der Waals surface area contributed by atoms with Gasteiger partial charge in [-0.3, -0.25) is 4.68 Å². The molecule has 1 aliphatic rings. The van der Waals surface area contributed by atoms with E-state index in [1.807, 2.05) is 24.0 Å². The zero-order valence-electron chi connectivity index (χ0n) is 9.69. The van der Waals surface area contributed by atoms with Crippen LogP contribution in [-0.2, 0) is 22.9 Å². The number of hydrogen-bond acceptors (Lipinski definition) is 4. The van der Waals surface area contributed by atoms with Gasteiger partial charge in [-0.05, 0) is 12.5 Å². The van der Waals surface area contributed by atoms with E-state index in [9.17, 15) is 0 Å². The molecular formula is C11H19N3O2. The predicted molar refractivity (Wildman–Crippen MR) is 60.1 cm³/mol. The molecule has 1 fully saturated rings. The molecule has 1 atom stereocenters. The van der Waals surface area contributed by atoms with Crippen molar-refractivity contribution in [3.05, 3.63) is 18.0 Å². The van der Waals surface area contributed by atoms with Gasteiger partial charge >= 0.3 is 0 Å². The second kappa shape index (κ2) is 5.98. The summed E-state index contributed by atoms with van der Waals surface area (Å²) in [7, 11) is 1.94. The van der Waals surface area contributed by atoms with Crippen LogP contribution >= 0.6 is 0 Å². The van der Waals surface area contributed by atoms with Gasteiger partial charge in [0.05, 0.1) is 18.4 Å². The van der Waals surface area contributed by atoms with E-state index in [0.29, 0.717) is 12.9 Å². The van der Waals surface area contributed by atoms with Crippen LogP contribution in [0.5, 0.6) is 0 Å². The Bertz CT molecular complexity index is 308. The Morgan fingerprint density at radius 3 is 3.25 bits per heavy atom. The minimum atomic E-state index is 0.303. The van der Waals surface area contributed by atoms with Crippen molar-refractivity contribution in [3.63, 3.8) is 0 Å². The van der Waals surface area contributed by atoms with E-state index < -0.39 is 0 Å². The molecule has 16 heavy (non-hydrogen) atoms. The van der Waals surface area contributed by atoms with Crippen molar-refractivity contribution >= 4 is 0 Å². The van der Waals surface area contributed by atoms with Gasteiger partial charge in [0, 0.05) is 32.8 Å². The number of nitrogens with one attached hydrogen (secondary N) is 1. The second-order valence-electron chi connectivity index (χ2n) is 4.04. The average molecular weight is 225 g/mol. The highest BCUT2D eigenvalue weighted by atomic mass is 16.7. The van der Waals surface area contributed by atoms with Crippen molar-refractivity contribution in [1.29, 1.82) is 0 Å². The van der Waals surface area contributed by atoms with E-state index in [4.69, 9.17) is 9.47 Å². The highest BCUT2D eigenvalue weighted by molar-refractivity contribution is 4.98. The van der Waals surface area contributed by atoms with Crippen LogP contribution < -0.4 is 5.32 Å². The third-order valence-corrected chi connectivity index (χ3v) is 2.67. The number of hydrogen-bond donors (Lipinski definition) is 1. The molecule has 5 heteroatoms. The SMILES string of the molecule is Cn1ccc(CCNCC2CCOCO2)n1. The second-order valence-corrected chi connectivity index (χ2v) is 4.04. The van der Waals surface area contributed by atoms with Gasteiger partial charge in [-0.15, -0.1) is 0 Å².